The van der Waals surface area contributed by atoms with Gasteiger partial charge in [0, 0.05) is 23.7 Å². The number of anilines is 1. The van der Waals surface area contributed by atoms with Gasteiger partial charge in [0.15, 0.2) is 5.76 Å². The average Bonchev–Trinajstić information content (AvgIpc) is 3.69. The summed E-state index contributed by atoms with van der Waals surface area (Å²) in [6.45, 7) is 8.03. The second kappa shape index (κ2) is 12.0. The molecule has 42 heavy (non-hydrogen) atoms. The molecule has 12 heteroatoms. The number of halogens is 2. The van der Waals surface area contributed by atoms with Crippen molar-refractivity contribution in [3.8, 4) is 16.9 Å². The summed E-state index contributed by atoms with van der Waals surface area (Å²) in [6.07, 6.45) is 1.27. The number of carbonyl (C=O) groups is 2. The smallest absolute Gasteiger partial charge is 0.291 e. The number of amides is 2. The Balaban J connectivity index is 1.50. The fraction of sp³-hybridized carbons (Fsp3) is 0.200. The second-order valence-electron chi connectivity index (χ2n) is 9.34. The van der Waals surface area contributed by atoms with Crippen molar-refractivity contribution in [2.75, 3.05) is 5.32 Å². The Bertz CT molecular complexity index is 1810. The van der Waals surface area contributed by atoms with E-state index in [2.05, 4.69) is 22.0 Å². The van der Waals surface area contributed by atoms with Gasteiger partial charge in [0.1, 0.15) is 33.5 Å². The lowest BCUT2D eigenvalue weighted by molar-refractivity contribution is 0.0992. The van der Waals surface area contributed by atoms with Gasteiger partial charge >= 0.3 is 0 Å². The first-order valence-electron chi connectivity index (χ1n) is 13.0. The molecule has 0 unspecified atom stereocenters. The van der Waals surface area contributed by atoms with Gasteiger partial charge in [0.2, 0.25) is 0 Å². The van der Waals surface area contributed by atoms with Crippen LogP contribution >= 0.6 is 11.3 Å². The molecule has 2 amide bonds. The summed E-state index contributed by atoms with van der Waals surface area (Å²) in [5, 5.41) is 7.44. The average molecular weight is 592 g/mol. The number of primary amides is 1. The molecule has 216 valence electrons. The number of furan rings is 1. The third-order valence-electron chi connectivity index (χ3n) is 6.52. The van der Waals surface area contributed by atoms with Crippen LogP contribution in [0, 0.1) is 6.92 Å². The number of allylic oxidation sites excluding steroid dienone is 1. The Kier molecular flexibility index (Phi) is 8.16. The number of para-hydroxylation sites is 1. The molecule has 4 heterocycles. The van der Waals surface area contributed by atoms with Crippen molar-refractivity contribution in [2.45, 2.75) is 39.8 Å². The molecule has 5 rings (SSSR count). The normalized spacial score (nSPS) is 11.3. The fourth-order valence-electron chi connectivity index (χ4n) is 4.55. The van der Waals surface area contributed by atoms with Gasteiger partial charge in [-0.05, 0) is 55.7 Å². The van der Waals surface area contributed by atoms with E-state index in [1.165, 1.54) is 12.1 Å². The largest absolute Gasteiger partial charge is 0.485 e. The number of rotatable bonds is 11. The minimum atomic E-state index is -2.86. The molecule has 0 fully saturated rings. The van der Waals surface area contributed by atoms with Crippen molar-refractivity contribution in [3.05, 3.63) is 94.7 Å². The van der Waals surface area contributed by atoms with E-state index in [4.69, 9.17) is 14.9 Å². The SMILES string of the molecule is C=CCc1ccccc1OCc1ccc(C(=O)Nc2c(C(N)=O)sc3nc(C(F)F)cc(-c4cn(CC)nc4C)c23)o1. The number of aryl methyl sites for hydroxylation is 2. The van der Waals surface area contributed by atoms with E-state index in [1.807, 2.05) is 31.2 Å². The van der Waals surface area contributed by atoms with Crippen LogP contribution in [0.3, 0.4) is 0 Å². The zero-order valence-electron chi connectivity index (χ0n) is 22.8. The second-order valence-corrected chi connectivity index (χ2v) is 10.3. The molecular weight excluding hydrogens is 564 g/mol. The maximum atomic E-state index is 13.8. The van der Waals surface area contributed by atoms with Crippen LogP contribution in [0.5, 0.6) is 5.75 Å². The van der Waals surface area contributed by atoms with E-state index >= 15 is 0 Å². The molecule has 0 spiro atoms. The van der Waals surface area contributed by atoms with Gasteiger partial charge in [0.05, 0.1) is 11.4 Å². The van der Waals surface area contributed by atoms with E-state index in [1.54, 1.807) is 29.9 Å². The van der Waals surface area contributed by atoms with E-state index in [0.29, 0.717) is 46.7 Å². The van der Waals surface area contributed by atoms with Crippen LogP contribution in [0.15, 0.2) is 65.7 Å². The summed E-state index contributed by atoms with van der Waals surface area (Å²) in [5.74, 6) is -0.492. The molecule has 1 aromatic carbocycles. The lowest BCUT2D eigenvalue weighted by atomic mass is 10.0. The number of thiophene rings is 1. The molecule has 0 aliphatic heterocycles. The van der Waals surface area contributed by atoms with Gasteiger partial charge < -0.3 is 20.2 Å². The fourth-order valence-corrected chi connectivity index (χ4v) is 5.56. The predicted octanol–water partition coefficient (Wildman–Crippen LogP) is 6.68. The minimum Gasteiger partial charge on any atom is -0.485 e. The van der Waals surface area contributed by atoms with Gasteiger partial charge in [-0.3, -0.25) is 14.3 Å². The first-order chi connectivity index (χ1) is 20.2. The van der Waals surface area contributed by atoms with Gasteiger partial charge in [-0.15, -0.1) is 17.9 Å². The van der Waals surface area contributed by atoms with Crippen LogP contribution in [0.25, 0.3) is 21.3 Å². The molecule has 0 aliphatic rings. The first-order valence-corrected chi connectivity index (χ1v) is 13.8. The van der Waals surface area contributed by atoms with Gasteiger partial charge in [-0.2, -0.15) is 5.10 Å². The van der Waals surface area contributed by atoms with Gasteiger partial charge in [0.25, 0.3) is 18.2 Å². The standard InChI is InChI=1S/C30H27F2N5O4S/c1-4-8-17-9-6-7-10-22(17)40-15-18-11-12-23(41-18)29(39)35-25-24-19(20-14-37(5-2)36-16(20)3)13-21(27(31)32)34-30(24)42-26(25)28(33)38/h4,6-7,9-14,27H,1,5,8,15H2,2-3H3,(H2,33,38)(H,35,39). The first kappa shape index (κ1) is 28.7. The summed E-state index contributed by atoms with van der Waals surface area (Å²) in [6, 6.07) is 11.9. The van der Waals surface area contributed by atoms with Crippen molar-refractivity contribution in [1.29, 1.82) is 0 Å². The van der Waals surface area contributed by atoms with Crippen molar-refractivity contribution < 1.29 is 27.5 Å². The topological polar surface area (TPSA) is 125 Å². The van der Waals surface area contributed by atoms with E-state index in [-0.39, 0.29) is 27.8 Å². The number of hydrogen-bond donors (Lipinski definition) is 2. The molecule has 0 bridgehead atoms. The summed E-state index contributed by atoms with van der Waals surface area (Å²) in [7, 11) is 0. The number of pyridine rings is 1. The van der Waals surface area contributed by atoms with Crippen LogP contribution in [-0.2, 0) is 19.6 Å². The maximum Gasteiger partial charge on any atom is 0.291 e. The number of nitrogens with zero attached hydrogens (tertiary/aromatic N) is 3. The molecule has 0 atom stereocenters. The summed E-state index contributed by atoms with van der Waals surface area (Å²) in [4.78, 5) is 29.9. The highest BCUT2D eigenvalue weighted by molar-refractivity contribution is 7.21. The number of aromatic nitrogens is 3. The number of alkyl halides is 2. The number of nitrogens with one attached hydrogen (secondary N) is 1. The highest BCUT2D eigenvalue weighted by Crippen LogP contribution is 2.43. The monoisotopic (exact) mass is 591 g/mol. The van der Waals surface area contributed by atoms with Crippen LogP contribution in [0.1, 0.15) is 56.3 Å². The Labute approximate surface area is 243 Å². The third kappa shape index (κ3) is 5.66. The summed E-state index contributed by atoms with van der Waals surface area (Å²) >= 11 is 0.826. The number of hydrogen-bond acceptors (Lipinski definition) is 7. The molecule has 0 radical (unpaired) electrons. The van der Waals surface area contributed by atoms with Crippen LogP contribution in [-0.4, -0.2) is 26.6 Å². The Morgan fingerprint density at radius 3 is 2.71 bits per heavy atom. The highest BCUT2D eigenvalue weighted by Gasteiger charge is 2.27. The van der Waals surface area contributed by atoms with E-state index in [0.717, 1.165) is 16.9 Å². The zero-order valence-corrected chi connectivity index (χ0v) is 23.6. The molecule has 0 aliphatic carbocycles. The highest BCUT2D eigenvalue weighted by atomic mass is 32.1. The Hall–Kier alpha value is -4.84. The number of fused-ring (bicyclic) bond motifs is 1. The van der Waals surface area contributed by atoms with Crippen molar-refractivity contribution in [3.63, 3.8) is 0 Å². The quantitative estimate of drug-likeness (QED) is 0.165. The number of benzene rings is 1. The van der Waals surface area contributed by atoms with Crippen LogP contribution < -0.4 is 15.8 Å². The zero-order chi connectivity index (χ0) is 30.0. The maximum absolute atomic E-state index is 13.8. The minimum absolute atomic E-state index is 0.0343. The summed E-state index contributed by atoms with van der Waals surface area (Å²) in [5.41, 5.74) is 7.69. The number of nitrogens with two attached hydrogens (primary N) is 1. The number of ether oxygens (including phenoxy) is 1. The van der Waals surface area contributed by atoms with Crippen LogP contribution in [0.2, 0.25) is 0 Å². The summed E-state index contributed by atoms with van der Waals surface area (Å²) < 4.78 is 40.9. The third-order valence-corrected chi connectivity index (χ3v) is 7.62. The molecule has 9 nitrogen and oxygen atoms in total. The predicted molar refractivity (Wildman–Crippen MR) is 156 cm³/mol. The van der Waals surface area contributed by atoms with E-state index in [9.17, 15) is 18.4 Å². The molecule has 4 aromatic heterocycles. The van der Waals surface area contributed by atoms with Gasteiger partial charge in [-0.25, -0.2) is 13.8 Å². The van der Waals surface area contributed by atoms with E-state index < -0.39 is 23.9 Å². The molecule has 3 N–H and O–H groups in total. The molecule has 0 saturated heterocycles. The molecule has 0 saturated carbocycles. The Morgan fingerprint density at radius 1 is 1.24 bits per heavy atom. The lowest BCUT2D eigenvalue weighted by Gasteiger charge is -2.10. The molecular formula is C30H27F2N5O4S. The number of carbonyl (C=O) groups excluding carboxylic acids is 2. The van der Waals surface area contributed by atoms with Crippen molar-refractivity contribution in [1.82, 2.24) is 14.8 Å². The van der Waals surface area contributed by atoms with Crippen molar-refractivity contribution in [2.24, 2.45) is 5.73 Å². The Morgan fingerprint density at radius 2 is 2.02 bits per heavy atom. The van der Waals surface area contributed by atoms with Crippen LogP contribution in [0.4, 0.5) is 14.5 Å². The molecule has 5 aromatic rings. The van der Waals surface area contributed by atoms with Gasteiger partial charge in [-0.1, -0.05) is 24.3 Å². The van der Waals surface area contributed by atoms with Crippen molar-refractivity contribution >= 4 is 39.1 Å². The lowest BCUT2D eigenvalue weighted by Crippen LogP contribution is -2.16.